The Morgan fingerprint density at radius 3 is 2.29 bits per heavy atom. The fourth-order valence-electron chi connectivity index (χ4n) is 3.13. The topological polar surface area (TPSA) is 51.0 Å². The van der Waals surface area contributed by atoms with Crippen LogP contribution in [0.5, 0.6) is 0 Å². The van der Waals surface area contributed by atoms with Crippen LogP contribution in [0.1, 0.15) is 21.7 Å². The quantitative estimate of drug-likeness (QED) is 0.638. The molecule has 0 saturated carbocycles. The third-order valence-corrected chi connectivity index (χ3v) is 4.85. The average molecular weight is 407 g/mol. The second kappa shape index (κ2) is 6.94. The summed E-state index contributed by atoms with van der Waals surface area (Å²) >= 11 is 5.91. The largest absolute Gasteiger partial charge is 0.416 e. The fourth-order valence-corrected chi connectivity index (χ4v) is 3.25. The molecule has 3 aromatic rings. The first kappa shape index (κ1) is 18.5. The molecule has 0 atom stereocenters. The van der Waals surface area contributed by atoms with Crippen LogP contribution in [-0.4, -0.2) is 32.1 Å². The molecule has 1 aliphatic rings. The summed E-state index contributed by atoms with van der Waals surface area (Å²) in [7, 11) is 0. The van der Waals surface area contributed by atoms with E-state index < -0.39 is 11.7 Å². The van der Waals surface area contributed by atoms with Crippen LogP contribution in [0.15, 0.2) is 48.5 Å². The van der Waals surface area contributed by atoms with Gasteiger partial charge in [0.2, 0.25) is 0 Å². The van der Waals surface area contributed by atoms with Gasteiger partial charge in [-0.1, -0.05) is 11.6 Å². The molecule has 0 radical (unpaired) electrons. The Bertz CT molecular complexity index is 1010. The van der Waals surface area contributed by atoms with Crippen molar-refractivity contribution in [2.75, 3.05) is 6.54 Å². The first-order valence-electron chi connectivity index (χ1n) is 8.47. The Morgan fingerprint density at radius 2 is 1.64 bits per heavy atom. The van der Waals surface area contributed by atoms with E-state index in [1.807, 2.05) is 16.7 Å². The highest BCUT2D eigenvalue weighted by molar-refractivity contribution is 6.30. The Morgan fingerprint density at radius 1 is 0.964 bits per heavy atom. The fraction of sp³-hybridized carbons (Fsp3) is 0.211. The number of alkyl halides is 3. The molecule has 0 unspecified atom stereocenters. The average Bonchev–Trinajstić information content (AvgIpc) is 3.10. The molecule has 5 nitrogen and oxygen atoms in total. The van der Waals surface area contributed by atoms with Gasteiger partial charge in [0.05, 0.1) is 12.1 Å². The zero-order valence-corrected chi connectivity index (χ0v) is 15.2. The van der Waals surface area contributed by atoms with Crippen molar-refractivity contribution in [3.05, 3.63) is 70.5 Å². The van der Waals surface area contributed by atoms with E-state index >= 15 is 0 Å². The first-order valence-corrected chi connectivity index (χ1v) is 8.85. The summed E-state index contributed by atoms with van der Waals surface area (Å²) in [5, 5.41) is 9.00. The molecular weight excluding hydrogens is 393 g/mol. The minimum atomic E-state index is -4.43. The summed E-state index contributed by atoms with van der Waals surface area (Å²) in [5.74, 6) is 0.973. The van der Waals surface area contributed by atoms with Gasteiger partial charge < -0.3 is 9.47 Å². The number of nitrogens with zero attached hydrogens (tertiary/aromatic N) is 4. The van der Waals surface area contributed by atoms with Crippen LogP contribution in [0.25, 0.3) is 11.4 Å². The van der Waals surface area contributed by atoms with Gasteiger partial charge >= 0.3 is 6.18 Å². The van der Waals surface area contributed by atoms with Gasteiger partial charge in [0, 0.05) is 29.2 Å². The SMILES string of the molecule is O=C(c1ccc(C(F)(F)F)cc1)N1CCn2c(nnc2-c2ccc(Cl)cc2)C1. The number of hydrogen-bond donors (Lipinski definition) is 0. The van der Waals surface area contributed by atoms with Gasteiger partial charge in [-0.05, 0) is 48.5 Å². The van der Waals surface area contributed by atoms with Crippen LogP contribution in [0.2, 0.25) is 5.02 Å². The maximum atomic E-state index is 12.7. The summed E-state index contributed by atoms with van der Waals surface area (Å²) in [6.45, 7) is 1.14. The molecule has 0 N–H and O–H groups in total. The number of rotatable bonds is 2. The molecule has 1 amide bonds. The summed E-state index contributed by atoms with van der Waals surface area (Å²) in [6, 6.07) is 11.5. The predicted molar refractivity (Wildman–Crippen MR) is 96.7 cm³/mol. The number of carbonyl (C=O) groups is 1. The molecule has 28 heavy (non-hydrogen) atoms. The molecule has 0 saturated heterocycles. The molecule has 9 heteroatoms. The summed E-state index contributed by atoms with van der Waals surface area (Å²) in [5.41, 5.74) is 0.291. The Hall–Kier alpha value is -2.87. The number of amides is 1. The highest BCUT2D eigenvalue weighted by Gasteiger charge is 2.31. The molecule has 0 bridgehead atoms. The van der Waals surface area contributed by atoms with E-state index in [9.17, 15) is 18.0 Å². The third-order valence-electron chi connectivity index (χ3n) is 4.60. The van der Waals surface area contributed by atoms with Gasteiger partial charge in [0.15, 0.2) is 11.6 Å². The van der Waals surface area contributed by atoms with Crippen LogP contribution < -0.4 is 0 Å². The van der Waals surface area contributed by atoms with Gasteiger partial charge in [0.25, 0.3) is 5.91 Å². The molecule has 144 valence electrons. The third kappa shape index (κ3) is 3.47. The smallest absolute Gasteiger partial charge is 0.329 e. The van der Waals surface area contributed by atoms with Crippen LogP contribution >= 0.6 is 11.6 Å². The van der Waals surface area contributed by atoms with Crippen LogP contribution in [0, 0.1) is 0 Å². The zero-order chi connectivity index (χ0) is 19.9. The minimum absolute atomic E-state index is 0.207. The van der Waals surface area contributed by atoms with E-state index in [-0.39, 0.29) is 18.0 Å². The van der Waals surface area contributed by atoms with E-state index in [1.165, 1.54) is 12.1 Å². The number of halogens is 4. The molecule has 4 rings (SSSR count). The van der Waals surface area contributed by atoms with E-state index in [0.717, 1.165) is 17.7 Å². The maximum absolute atomic E-state index is 12.7. The van der Waals surface area contributed by atoms with E-state index in [1.54, 1.807) is 17.0 Å². The van der Waals surface area contributed by atoms with Gasteiger partial charge in [-0.25, -0.2) is 0 Å². The maximum Gasteiger partial charge on any atom is 0.416 e. The van der Waals surface area contributed by atoms with Crippen molar-refractivity contribution in [2.45, 2.75) is 19.3 Å². The second-order valence-corrected chi connectivity index (χ2v) is 6.84. The number of aromatic nitrogens is 3. The number of fused-ring (bicyclic) bond motifs is 1. The Balaban J connectivity index is 1.53. The van der Waals surface area contributed by atoms with Crippen LogP contribution in [-0.2, 0) is 19.3 Å². The molecule has 0 spiro atoms. The first-order chi connectivity index (χ1) is 13.3. The molecule has 1 aliphatic heterocycles. The molecule has 1 aromatic heterocycles. The van der Waals surface area contributed by atoms with E-state index in [2.05, 4.69) is 10.2 Å². The van der Waals surface area contributed by atoms with Crippen molar-refractivity contribution in [1.29, 1.82) is 0 Å². The van der Waals surface area contributed by atoms with Crippen LogP contribution in [0.3, 0.4) is 0 Å². The van der Waals surface area contributed by atoms with Crippen molar-refractivity contribution >= 4 is 17.5 Å². The van der Waals surface area contributed by atoms with E-state index in [0.29, 0.717) is 29.8 Å². The van der Waals surface area contributed by atoms with Gasteiger partial charge in [-0.2, -0.15) is 13.2 Å². The van der Waals surface area contributed by atoms with Crippen molar-refractivity contribution < 1.29 is 18.0 Å². The lowest BCUT2D eigenvalue weighted by atomic mass is 10.1. The van der Waals surface area contributed by atoms with Gasteiger partial charge in [-0.3, -0.25) is 4.79 Å². The second-order valence-electron chi connectivity index (χ2n) is 6.40. The molecule has 2 heterocycles. The van der Waals surface area contributed by atoms with Crippen molar-refractivity contribution in [3.8, 4) is 11.4 Å². The molecule has 0 fully saturated rings. The van der Waals surface area contributed by atoms with Crippen molar-refractivity contribution in [2.24, 2.45) is 0 Å². The molecule has 2 aromatic carbocycles. The van der Waals surface area contributed by atoms with E-state index in [4.69, 9.17) is 11.6 Å². The zero-order valence-electron chi connectivity index (χ0n) is 14.4. The van der Waals surface area contributed by atoms with Gasteiger partial charge in [-0.15, -0.1) is 10.2 Å². The highest BCUT2D eigenvalue weighted by atomic mass is 35.5. The summed E-state index contributed by atoms with van der Waals surface area (Å²) in [4.78, 5) is 14.2. The lowest BCUT2D eigenvalue weighted by Crippen LogP contribution is -2.38. The Kier molecular flexibility index (Phi) is 4.58. The number of hydrogen-bond acceptors (Lipinski definition) is 3. The standard InChI is InChI=1S/C19H14ClF3N4O/c20-15-7-3-12(4-8-15)17-25-24-16-11-26(9-10-27(16)17)18(28)13-1-5-14(6-2-13)19(21,22)23/h1-8H,9-11H2. The minimum Gasteiger partial charge on any atom is -0.329 e. The van der Waals surface area contributed by atoms with Crippen LogP contribution in [0.4, 0.5) is 13.2 Å². The van der Waals surface area contributed by atoms with Crippen molar-refractivity contribution in [1.82, 2.24) is 19.7 Å². The Labute approximate surface area is 163 Å². The number of benzene rings is 2. The summed E-state index contributed by atoms with van der Waals surface area (Å²) < 4.78 is 40.0. The molecule has 0 aliphatic carbocycles. The normalized spacial score (nSPS) is 14.1. The molecular formula is C19H14ClF3N4O. The lowest BCUT2D eigenvalue weighted by Gasteiger charge is -2.28. The highest BCUT2D eigenvalue weighted by Crippen LogP contribution is 2.29. The van der Waals surface area contributed by atoms with Gasteiger partial charge in [0.1, 0.15) is 0 Å². The lowest BCUT2D eigenvalue weighted by molar-refractivity contribution is -0.137. The monoisotopic (exact) mass is 406 g/mol. The number of carbonyl (C=O) groups excluding carboxylic acids is 1. The van der Waals surface area contributed by atoms with Crippen molar-refractivity contribution in [3.63, 3.8) is 0 Å². The summed E-state index contributed by atoms with van der Waals surface area (Å²) in [6.07, 6.45) is -4.43. The predicted octanol–water partition coefficient (Wildman–Crippen LogP) is 4.27.